The predicted octanol–water partition coefficient (Wildman–Crippen LogP) is 2.59. The van der Waals surface area contributed by atoms with E-state index in [4.69, 9.17) is 4.98 Å². The minimum absolute atomic E-state index is 0.538. The zero-order chi connectivity index (χ0) is 13.4. The molecule has 0 bridgehead atoms. The van der Waals surface area contributed by atoms with Gasteiger partial charge in [0.15, 0.2) is 5.82 Å². The molecule has 0 atom stereocenters. The molecular formula is C14H19N5. The van der Waals surface area contributed by atoms with Gasteiger partial charge in [-0.3, -0.25) is 0 Å². The van der Waals surface area contributed by atoms with E-state index in [0.717, 1.165) is 35.3 Å². The normalized spacial score (nSPS) is 14.7. The summed E-state index contributed by atoms with van der Waals surface area (Å²) in [6.07, 6.45) is 6.23. The van der Waals surface area contributed by atoms with Gasteiger partial charge in [0.2, 0.25) is 0 Å². The van der Waals surface area contributed by atoms with Crippen molar-refractivity contribution < 1.29 is 0 Å². The monoisotopic (exact) mass is 257 g/mol. The van der Waals surface area contributed by atoms with E-state index in [-0.39, 0.29) is 0 Å². The van der Waals surface area contributed by atoms with E-state index < -0.39 is 0 Å². The lowest BCUT2D eigenvalue weighted by Crippen LogP contribution is -2.07. The summed E-state index contributed by atoms with van der Waals surface area (Å²) in [5.41, 5.74) is 2.01. The number of rotatable bonds is 4. The fourth-order valence-electron chi connectivity index (χ4n) is 2.30. The molecule has 2 aromatic heterocycles. The van der Waals surface area contributed by atoms with Crippen LogP contribution in [0.1, 0.15) is 37.1 Å². The maximum absolute atomic E-state index is 4.76. The van der Waals surface area contributed by atoms with Gasteiger partial charge in [-0.1, -0.05) is 0 Å². The number of aromatic nitrogens is 4. The standard InChI is InChI=1S/C14H19N5/c1-4-19-8-7-16-14(19)11-9(2)12(15-3)18-13(17-11)10-5-6-10/h7-8,10H,4-6H2,1-3H3,(H,15,17,18). The van der Waals surface area contributed by atoms with E-state index in [1.807, 2.05) is 26.4 Å². The maximum Gasteiger partial charge on any atom is 0.159 e. The first kappa shape index (κ1) is 12.1. The van der Waals surface area contributed by atoms with Crippen LogP contribution in [0, 0.1) is 6.92 Å². The van der Waals surface area contributed by atoms with Crippen LogP contribution in [-0.4, -0.2) is 26.6 Å². The fraction of sp³-hybridized carbons (Fsp3) is 0.500. The first-order chi connectivity index (χ1) is 9.24. The Labute approximate surface area is 113 Å². The Morgan fingerprint density at radius 2 is 2.16 bits per heavy atom. The molecule has 0 saturated heterocycles. The van der Waals surface area contributed by atoms with Gasteiger partial charge in [-0.2, -0.15) is 0 Å². The van der Waals surface area contributed by atoms with Gasteiger partial charge < -0.3 is 9.88 Å². The van der Waals surface area contributed by atoms with Crippen LogP contribution in [0.25, 0.3) is 11.5 Å². The lowest BCUT2D eigenvalue weighted by molar-refractivity contribution is 0.764. The molecule has 3 rings (SSSR count). The molecule has 1 aliphatic rings. The Balaban J connectivity index is 2.16. The van der Waals surface area contributed by atoms with Crippen LogP contribution in [0.5, 0.6) is 0 Å². The highest BCUT2D eigenvalue weighted by atomic mass is 15.1. The molecule has 0 amide bonds. The lowest BCUT2D eigenvalue weighted by atomic mass is 10.2. The number of anilines is 1. The van der Waals surface area contributed by atoms with Crippen molar-refractivity contribution in [2.24, 2.45) is 0 Å². The lowest BCUT2D eigenvalue weighted by Gasteiger charge is -2.12. The van der Waals surface area contributed by atoms with Gasteiger partial charge in [0.1, 0.15) is 17.3 Å². The van der Waals surface area contributed by atoms with E-state index in [9.17, 15) is 0 Å². The number of hydrogen-bond donors (Lipinski definition) is 1. The molecule has 100 valence electrons. The molecule has 0 unspecified atom stereocenters. The molecule has 1 fully saturated rings. The van der Waals surface area contributed by atoms with E-state index in [2.05, 4.69) is 26.8 Å². The van der Waals surface area contributed by atoms with E-state index >= 15 is 0 Å². The predicted molar refractivity (Wildman–Crippen MR) is 75.2 cm³/mol. The fourth-order valence-corrected chi connectivity index (χ4v) is 2.30. The third-order valence-electron chi connectivity index (χ3n) is 3.61. The second kappa shape index (κ2) is 4.64. The van der Waals surface area contributed by atoms with Crippen molar-refractivity contribution in [2.45, 2.75) is 39.2 Å². The Kier molecular flexibility index (Phi) is 2.97. The average Bonchev–Trinajstić information content (AvgIpc) is 3.17. The summed E-state index contributed by atoms with van der Waals surface area (Å²) < 4.78 is 2.12. The summed E-state index contributed by atoms with van der Waals surface area (Å²) in [7, 11) is 1.90. The zero-order valence-corrected chi connectivity index (χ0v) is 11.6. The number of imidazole rings is 1. The van der Waals surface area contributed by atoms with Crippen LogP contribution in [0.15, 0.2) is 12.4 Å². The van der Waals surface area contributed by atoms with Crippen LogP contribution in [0.2, 0.25) is 0 Å². The molecule has 1 N–H and O–H groups in total. The Hall–Kier alpha value is -1.91. The number of aryl methyl sites for hydroxylation is 1. The maximum atomic E-state index is 4.76. The van der Waals surface area contributed by atoms with Crippen LogP contribution in [0.3, 0.4) is 0 Å². The summed E-state index contributed by atoms with van der Waals surface area (Å²) in [6, 6.07) is 0. The van der Waals surface area contributed by atoms with Crippen molar-refractivity contribution in [1.82, 2.24) is 19.5 Å². The van der Waals surface area contributed by atoms with E-state index in [1.54, 1.807) is 0 Å². The molecule has 5 nitrogen and oxygen atoms in total. The van der Waals surface area contributed by atoms with Crippen molar-refractivity contribution >= 4 is 5.82 Å². The molecule has 19 heavy (non-hydrogen) atoms. The van der Waals surface area contributed by atoms with Crippen LogP contribution >= 0.6 is 0 Å². The number of nitrogens with zero attached hydrogens (tertiary/aromatic N) is 4. The van der Waals surface area contributed by atoms with Gasteiger partial charge in [0.05, 0.1) is 0 Å². The average molecular weight is 257 g/mol. The molecule has 0 aromatic carbocycles. The van der Waals surface area contributed by atoms with Gasteiger partial charge in [0.25, 0.3) is 0 Å². The quantitative estimate of drug-likeness (QED) is 0.914. The zero-order valence-electron chi connectivity index (χ0n) is 11.6. The summed E-state index contributed by atoms with van der Waals surface area (Å²) in [4.78, 5) is 13.8. The minimum Gasteiger partial charge on any atom is -0.373 e. The van der Waals surface area contributed by atoms with Crippen LogP contribution in [-0.2, 0) is 6.54 Å². The molecule has 0 aliphatic heterocycles. The molecule has 0 radical (unpaired) electrons. The largest absolute Gasteiger partial charge is 0.373 e. The van der Waals surface area contributed by atoms with Crippen molar-refractivity contribution in [3.8, 4) is 11.5 Å². The highest BCUT2D eigenvalue weighted by molar-refractivity contribution is 5.63. The van der Waals surface area contributed by atoms with Gasteiger partial charge in [-0.25, -0.2) is 15.0 Å². The number of nitrogens with one attached hydrogen (secondary N) is 1. The van der Waals surface area contributed by atoms with Gasteiger partial charge in [0, 0.05) is 37.5 Å². The Bertz CT molecular complexity index is 598. The summed E-state index contributed by atoms with van der Waals surface area (Å²) in [6.45, 7) is 5.06. The minimum atomic E-state index is 0.538. The molecule has 1 aliphatic carbocycles. The number of hydrogen-bond acceptors (Lipinski definition) is 4. The van der Waals surface area contributed by atoms with Gasteiger partial charge in [-0.05, 0) is 26.7 Å². The first-order valence-corrected chi connectivity index (χ1v) is 6.82. The molecule has 5 heteroatoms. The highest BCUT2D eigenvalue weighted by Crippen LogP contribution is 2.39. The van der Waals surface area contributed by atoms with E-state index in [1.165, 1.54) is 12.8 Å². The third-order valence-corrected chi connectivity index (χ3v) is 3.61. The Morgan fingerprint density at radius 1 is 1.37 bits per heavy atom. The molecule has 0 spiro atoms. The molecule has 1 saturated carbocycles. The smallest absolute Gasteiger partial charge is 0.159 e. The second-order valence-corrected chi connectivity index (χ2v) is 4.97. The van der Waals surface area contributed by atoms with Crippen molar-refractivity contribution in [2.75, 3.05) is 12.4 Å². The van der Waals surface area contributed by atoms with Crippen molar-refractivity contribution in [1.29, 1.82) is 0 Å². The van der Waals surface area contributed by atoms with Crippen molar-refractivity contribution in [3.05, 3.63) is 23.8 Å². The molecule has 2 heterocycles. The van der Waals surface area contributed by atoms with Crippen LogP contribution in [0.4, 0.5) is 5.82 Å². The Morgan fingerprint density at radius 3 is 2.79 bits per heavy atom. The SMILES string of the molecule is CCn1ccnc1-c1nc(C2CC2)nc(NC)c1C. The van der Waals surface area contributed by atoms with Crippen molar-refractivity contribution in [3.63, 3.8) is 0 Å². The first-order valence-electron chi connectivity index (χ1n) is 6.82. The second-order valence-electron chi connectivity index (χ2n) is 4.97. The molecular weight excluding hydrogens is 238 g/mol. The third kappa shape index (κ3) is 2.09. The van der Waals surface area contributed by atoms with E-state index in [0.29, 0.717) is 5.92 Å². The van der Waals surface area contributed by atoms with Gasteiger partial charge in [-0.15, -0.1) is 0 Å². The highest BCUT2D eigenvalue weighted by Gasteiger charge is 2.28. The molecule has 2 aromatic rings. The summed E-state index contributed by atoms with van der Waals surface area (Å²) in [5, 5.41) is 3.17. The topological polar surface area (TPSA) is 55.6 Å². The summed E-state index contributed by atoms with van der Waals surface area (Å²) >= 11 is 0. The van der Waals surface area contributed by atoms with Crippen LogP contribution < -0.4 is 5.32 Å². The van der Waals surface area contributed by atoms with Gasteiger partial charge >= 0.3 is 0 Å². The summed E-state index contributed by atoms with van der Waals surface area (Å²) in [5.74, 6) is 3.34.